The lowest BCUT2D eigenvalue weighted by molar-refractivity contribution is 1.40. The standard InChI is InChI=1S/C16H9ClN2/c17-15-3-1-2-12(8-15)14-7-13-6-11(9-18)4-5-16(13)19-10-14/h1-8,10H. The van der Waals surface area contributed by atoms with Crippen molar-refractivity contribution in [2.75, 3.05) is 0 Å². The van der Waals surface area contributed by atoms with Crippen LogP contribution < -0.4 is 0 Å². The zero-order valence-electron chi connectivity index (χ0n) is 9.97. The maximum atomic E-state index is 8.93. The Bertz CT molecular complexity index is 803. The van der Waals surface area contributed by atoms with E-state index in [4.69, 9.17) is 16.9 Å². The van der Waals surface area contributed by atoms with Gasteiger partial charge in [0.2, 0.25) is 0 Å². The van der Waals surface area contributed by atoms with E-state index in [9.17, 15) is 0 Å². The number of fused-ring (bicyclic) bond motifs is 1. The first-order valence-electron chi connectivity index (χ1n) is 5.82. The van der Waals surface area contributed by atoms with Crippen LogP contribution in [0.2, 0.25) is 5.02 Å². The maximum absolute atomic E-state index is 8.93. The van der Waals surface area contributed by atoms with Crippen molar-refractivity contribution in [2.24, 2.45) is 0 Å². The summed E-state index contributed by atoms with van der Waals surface area (Å²) < 4.78 is 0. The molecule has 90 valence electrons. The summed E-state index contributed by atoms with van der Waals surface area (Å²) in [5.41, 5.74) is 3.52. The minimum Gasteiger partial charge on any atom is -0.256 e. The molecule has 0 aliphatic carbocycles. The van der Waals surface area contributed by atoms with Gasteiger partial charge in [-0.15, -0.1) is 0 Å². The lowest BCUT2D eigenvalue weighted by atomic mass is 10.0. The number of nitrogens with zero attached hydrogens (tertiary/aromatic N) is 2. The molecule has 2 nitrogen and oxygen atoms in total. The quantitative estimate of drug-likeness (QED) is 0.652. The Morgan fingerprint density at radius 2 is 1.89 bits per heavy atom. The van der Waals surface area contributed by atoms with Gasteiger partial charge in [-0.05, 0) is 42.0 Å². The van der Waals surface area contributed by atoms with Gasteiger partial charge >= 0.3 is 0 Å². The molecule has 2 aromatic carbocycles. The van der Waals surface area contributed by atoms with Crippen molar-refractivity contribution in [1.82, 2.24) is 4.98 Å². The van der Waals surface area contributed by atoms with Crippen molar-refractivity contribution >= 4 is 22.5 Å². The van der Waals surface area contributed by atoms with E-state index in [0.29, 0.717) is 10.6 Å². The molecule has 0 aliphatic heterocycles. The van der Waals surface area contributed by atoms with Crippen molar-refractivity contribution < 1.29 is 0 Å². The van der Waals surface area contributed by atoms with Crippen LogP contribution >= 0.6 is 11.6 Å². The second-order valence-electron chi connectivity index (χ2n) is 4.25. The van der Waals surface area contributed by atoms with Crippen LogP contribution in [0.25, 0.3) is 22.0 Å². The molecule has 0 radical (unpaired) electrons. The highest BCUT2D eigenvalue weighted by atomic mass is 35.5. The van der Waals surface area contributed by atoms with Crippen LogP contribution in [-0.4, -0.2) is 4.98 Å². The number of halogens is 1. The highest BCUT2D eigenvalue weighted by Gasteiger charge is 2.02. The van der Waals surface area contributed by atoms with Crippen molar-refractivity contribution in [1.29, 1.82) is 5.26 Å². The molecule has 3 rings (SSSR count). The summed E-state index contributed by atoms with van der Waals surface area (Å²) in [6.07, 6.45) is 1.82. The summed E-state index contributed by atoms with van der Waals surface area (Å²) in [7, 11) is 0. The molecule has 0 fully saturated rings. The molecule has 0 bridgehead atoms. The van der Waals surface area contributed by atoms with Gasteiger partial charge in [-0.1, -0.05) is 23.7 Å². The van der Waals surface area contributed by atoms with E-state index in [1.165, 1.54) is 0 Å². The van der Waals surface area contributed by atoms with E-state index in [1.807, 2.05) is 48.7 Å². The Morgan fingerprint density at radius 3 is 2.68 bits per heavy atom. The van der Waals surface area contributed by atoms with Gasteiger partial charge in [0.15, 0.2) is 0 Å². The third-order valence-electron chi connectivity index (χ3n) is 2.97. The Morgan fingerprint density at radius 1 is 1.00 bits per heavy atom. The number of hydrogen-bond donors (Lipinski definition) is 0. The van der Waals surface area contributed by atoms with Crippen LogP contribution in [0.4, 0.5) is 0 Å². The monoisotopic (exact) mass is 264 g/mol. The first-order valence-corrected chi connectivity index (χ1v) is 6.20. The van der Waals surface area contributed by atoms with Crippen LogP contribution in [0, 0.1) is 11.3 Å². The lowest BCUT2D eigenvalue weighted by Crippen LogP contribution is -1.84. The van der Waals surface area contributed by atoms with Crippen molar-refractivity contribution in [2.45, 2.75) is 0 Å². The first-order chi connectivity index (χ1) is 9.26. The smallest absolute Gasteiger partial charge is 0.0991 e. The molecule has 0 amide bonds. The molecular weight excluding hydrogens is 256 g/mol. The molecule has 1 heterocycles. The summed E-state index contributed by atoms with van der Waals surface area (Å²) in [5, 5.41) is 10.6. The van der Waals surface area contributed by atoms with E-state index < -0.39 is 0 Å². The molecule has 0 atom stereocenters. The van der Waals surface area contributed by atoms with Crippen molar-refractivity contribution in [3.63, 3.8) is 0 Å². The minimum atomic E-state index is 0.637. The Labute approximate surface area is 115 Å². The van der Waals surface area contributed by atoms with Crippen LogP contribution in [-0.2, 0) is 0 Å². The van der Waals surface area contributed by atoms with Gasteiger partial charge in [0.25, 0.3) is 0 Å². The van der Waals surface area contributed by atoms with Gasteiger partial charge in [-0.2, -0.15) is 5.26 Å². The molecule has 0 saturated carbocycles. The van der Waals surface area contributed by atoms with E-state index in [1.54, 1.807) is 6.07 Å². The molecule has 19 heavy (non-hydrogen) atoms. The van der Waals surface area contributed by atoms with Gasteiger partial charge in [0, 0.05) is 22.2 Å². The van der Waals surface area contributed by atoms with E-state index in [0.717, 1.165) is 22.0 Å². The molecule has 0 saturated heterocycles. The Hall–Kier alpha value is -2.37. The largest absolute Gasteiger partial charge is 0.256 e. The summed E-state index contributed by atoms with van der Waals surface area (Å²) in [5.74, 6) is 0. The highest BCUT2D eigenvalue weighted by molar-refractivity contribution is 6.30. The number of rotatable bonds is 1. The predicted octanol–water partition coefficient (Wildman–Crippen LogP) is 4.43. The summed E-state index contributed by atoms with van der Waals surface area (Å²) in [6.45, 7) is 0. The Kier molecular flexibility index (Phi) is 2.91. The van der Waals surface area contributed by atoms with E-state index >= 15 is 0 Å². The topological polar surface area (TPSA) is 36.7 Å². The summed E-state index contributed by atoms with van der Waals surface area (Å²) >= 11 is 6.00. The molecular formula is C16H9ClN2. The fraction of sp³-hybridized carbons (Fsp3) is 0. The second kappa shape index (κ2) is 4.72. The second-order valence-corrected chi connectivity index (χ2v) is 4.69. The summed E-state index contributed by atoms with van der Waals surface area (Å²) in [6, 6.07) is 17.3. The average Bonchev–Trinajstić information content (AvgIpc) is 2.46. The normalized spacial score (nSPS) is 10.3. The molecule has 1 aromatic heterocycles. The van der Waals surface area contributed by atoms with Crippen LogP contribution in [0.5, 0.6) is 0 Å². The molecule has 0 N–H and O–H groups in total. The van der Waals surface area contributed by atoms with E-state index in [-0.39, 0.29) is 0 Å². The van der Waals surface area contributed by atoms with Crippen molar-refractivity contribution in [3.8, 4) is 17.2 Å². The third-order valence-corrected chi connectivity index (χ3v) is 3.20. The molecule has 3 aromatic rings. The first kappa shape index (κ1) is 11.7. The fourth-order valence-electron chi connectivity index (χ4n) is 2.03. The third kappa shape index (κ3) is 2.29. The van der Waals surface area contributed by atoms with Crippen LogP contribution in [0.15, 0.2) is 54.7 Å². The predicted molar refractivity (Wildman–Crippen MR) is 76.9 cm³/mol. The maximum Gasteiger partial charge on any atom is 0.0991 e. The molecule has 0 spiro atoms. The average molecular weight is 265 g/mol. The lowest BCUT2D eigenvalue weighted by Gasteiger charge is -2.04. The molecule has 0 aliphatic rings. The number of pyridine rings is 1. The SMILES string of the molecule is N#Cc1ccc2ncc(-c3cccc(Cl)c3)cc2c1. The van der Waals surface area contributed by atoms with Gasteiger partial charge in [-0.25, -0.2) is 0 Å². The summed E-state index contributed by atoms with van der Waals surface area (Å²) in [4.78, 5) is 4.41. The van der Waals surface area contributed by atoms with Gasteiger partial charge in [0.1, 0.15) is 0 Å². The van der Waals surface area contributed by atoms with Gasteiger partial charge in [-0.3, -0.25) is 4.98 Å². The fourth-order valence-corrected chi connectivity index (χ4v) is 2.22. The van der Waals surface area contributed by atoms with Gasteiger partial charge in [0.05, 0.1) is 17.1 Å². The zero-order valence-corrected chi connectivity index (χ0v) is 10.7. The van der Waals surface area contributed by atoms with E-state index in [2.05, 4.69) is 11.1 Å². The number of aromatic nitrogens is 1. The molecule has 0 unspecified atom stereocenters. The van der Waals surface area contributed by atoms with Crippen LogP contribution in [0.1, 0.15) is 5.56 Å². The Balaban J connectivity index is 2.18. The van der Waals surface area contributed by atoms with Crippen LogP contribution in [0.3, 0.4) is 0 Å². The number of hydrogen-bond acceptors (Lipinski definition) is 2. The number of nitriles is 1. The minimum absolute atomic E-state index is 0.637. The highest BCUT2D eigenvalue weighted by Crippen LogP contribution is 2.25. The van der Waals surface area contributed by atoms with Crippen molar-refractivity contribution in [3.05, 3.63) is 65.3 Å². The van der Waals surface area contributed by atoms with Gasteiger partial charge < -0.3 is 0 Å². The zero-order chi connectivity index (χ0) is 13.2. The molecule has 3 heteroatoms. The number of benzene rings is 2.